The molecule has 322 valence electrons. The van der Waals surface area contributed by atoms with E-state index in [4.69, 9.17) is 18.9 Å². The molecule has 0 saturated heterocycles. The minimum atomic E-state index is -1.74. The summed E-state index contributed by atoms with van der Waals surface area (Å²) in [6.07, 6.45) is 0. The number of fused-ring (bicyclic) bond motifs is 8. The van der Waals surface area contributed by atoms with E-state index in [1.54, 1.807) is 14.2 Å². The smallest absolute Gasteiger partial charge is 0.254 e. The van der Waals surface area contributed by atoms with Crippen LogP contribution in [0.5, 0.6) is 0 Å². The van der Waals surface area contributed by atoms with Crippen molar-refractivity contribution in [2.45, 2.75) is 63.9 Å². The fraction of sp³-hybridized carbons (Fsp3) is 0.258. The molecular formula is C62H50O4. The van der Waals surface area contributed by atoms with Gasteiger partial charge in [-0.25, -0.2) is 0 Å². The van der Waals surface area contributed by atoms with Gasteiger partial charge in [0.1, 0.15) is 0 Å². The van der Waals surface area contributed by atoms with Gasteiger partial charge in [-0.3, -0.25) is 0 Å². The molecule has 2 bridgehead atoms. The minimum absolute atomic E-state index is 0.480. The Morgan fingerprint density at radius 3 is 0.727 bits per heavy atom. The van der Waals surface area contributed by atoms with Crippen LogP contribution in [0.1, 0.15) is 63.8 Å². The Morgan fingerprint density at radius 2 is 0.530 bits per heavy atom. The van der Waals surface area contributed by atoms with Crippen LogP contribution in [0.3, 0.4) is 0 Å². The Bertz CT molecular complexity index is 2790. The number of benzene rings is 4. The topological polar surface area (TPSA) is 36.9 Å². The monoisotopic (exact) mass is 858 g/mol. The van der Waals surface area contributed by atoms with Crippen LogP contribution >= 0.6 is 0 Å². The SMILES string of the molecule is COC12C#CC(c3ccccc3)=C=C=C(c3ccccc3)C#CC(OC)(C#CC(c3ccccc3)=C=C=C(c3ccccc3)C#C1)C#CC(OC)(C(C)(C)C)C#CC(OC)(C(C)(C)C)C#C2. The van der Waals surface area contributed by atoms with E-state index >= 15 is 0 Å². The zero-order valence-corrected chi connectivity index (χ0v) is 39.2. The van der Waals surface area contributed by atoms with Crippen LogP contribution < -0.4 is 0 Å². The lowest BCUT2D eigenvalue weighted by Gasteiger charge is -2.38. The molecule has 4 aromatic carbocycles. The first kappa shape index (κ1) is 47.7. The van der Waals surface area contributed by atoms with Crippen LogP contribution in [0.2, 0.25) is 0 Å². The molecule has 0 saturated carbocycles. The summed E-state index contributed by atoms with van der Waals surface area (Å²) in [4.78, 5) is 0. The molecule has 2 unspecified atom stereocenters. The third kappa shape index (κ3) is 10.9. The van der Waals surface area contributed by atoms with Crippen molar-refractivity contribution >= 4 is 22.3 Å². The van der Waals surface area contributed by atoms with Crippen molar-refractivity contribution in [2.24, 2.45) is 10.8 Å². The van der Waals surface area contributed by atoms with Crippen LogP contribution in [0.4, 0.5) is 0 Å². The van der Waals surface area contributed by atoms with Gasteiger partial charge in [0.2, 0.25) is 0 Å². The van der Waals surface area contributed by atoms with E-state index in [2.05, 4.69) is 106 Å². The average Bonchev–Trinajstić information content (AvgIpc) is 3.33. The first-order chi connectivity index (χ1) is 31.6. The number of ether oxygens (including phenoxy) is 4. The van der Waals surface area contributed by atoms with E-state index in [1.165, 1.54) is 14.2 Å². The third-order valence-corrected chi connectivity index (χ3v) is 10.9. The molecule has 3 aliphatic carbocycles. The van der Waals surface area contributed by atoms with E-state index in [0.717, 1.165) is 22.3 Å². The lowest BCUT2D eigenvalue weighted by atomic mass is 9.73. The average molecular weight is 859 g/mol. The largest absolute Gasteiger partial charge is 0.354 e. The van der Waals surface area contributed by atoms with Gasteiger partial charge >= 0.3 is 0 Å². The Balaban J connectivity index is 1.98. The van der Waals surface area contributed by atoms with Crippen LogP contribution in [-0.4, -0.2) is 50.8 Å². The molecule has 7 rings (SSSR count). The van der Waals surface area contributed by atoms with Crippen molar-refractivity contribution in [3.05, 3.63) is 167 Å². The summed E-state index contributed by atoms with van der Waals surface area (Å²) < 4.78 is 25.4. The molecule has 0 heterocycles. The predicted molar refractivity (Wildman–Crippen MR) is 266 cm³/mol. The summed E-state index contributed by atoms with van der Waals surface area (Å²) in [7, 11) is 6.20. The van der Waals surface area contributed by atoms with Gasteiger partial charge in [-0.05, 0) is 81.5 Å². The van der Waals surface area contributed by atoms with Crippen molar-refractivity contribution in [1.29, 1.82) is 0 Å². The lowest BCUT2D eigenvalue weighted by molar-refractivity contribution is -0.00655. The Labute approximate surface area is 392 Å². The molecule has 2 atom stereocenters. The van der Waals surface area contributed by atoms with Crippen molar-refractivity contribution in [3.8, 4) is 82.9 Å². The number of rotatable bonds is 8. The molecule has 4 aromatic rings. The van der Waals surface area contributed by atoms with Gasteiger partial charge < -0.3 is 18.9 Å². The second kappa shape index (κ2) is 20.4. The highest BCUT2D eigenvalue weighted by atomic mass is 16.5. The van der Waals surface area contributed by atoms with Crippen molar-refractivity contribution in [1.82, 2.24) is 0 Å². The molecule has 0 amide bonds. The zero-order valence-electron chi connectivity index (χ0n) is 39.2. The molecule has 0 aliphatic heterocycles. The Hall–Kier alpha value is -7.76. The molecular weight excluding hydrogens is 809 g/mol. The molecule has 66 heavy (non-hydrogen) atoms. The fourth-order valence-electron chi connectivity index (χ4n) is 6.62. The fourth-order valence-corrected chi connectivity index (χ4v) is 6.62. The van der Waals surface area contributed by atoms with Gasteiger partial charge in [0.15, 0.2) is 11.2 Å². The van der Waals surface area contributed by atoms with Gasteiger partial charge in [-0.1, -0.05) is 209 Å². The number of hydrogen-bond donors (Lipinski definition) is 0. The molecule has 4 nitrogen and oxygen atoms in total. The van der Waals surface area contributed by atoms with Crippen LogP contribution in [-0.2, 0) is 18.9 Å². The van der Waals surface area contributed by atoms with E-state index < -0.39 is 33.2 Å². The van der Waals surface area contributed by atoms with Gasteiger partial charge in [-0.2, -0.15) is 0 Å². The summed E-state index contributed by atoms with van der Waals surface area (Å²) in [6, 6.07) is 38.7. The molecule has 0 radical (unpaired) electrons. The maximum atomic E-state index is 6.36. The van der Waals surface area contributed by atoms with Crippen molar-refractivity contribution in [3.63, 3.8) is 0 Å². The molecule has 0 fully saturated rings. The lowest BCUT2D eigenvalue weighted by Crippen LogP contribution is -2.46. The third-order valence-electron chi connectivity index (χ3n) is 10.9. The van der Waals surface area contributed by atoms with Crippen LogP contribution in [0.15, 0.2) is 144 Å². The highest BCUT2D eigenvalue weighted by molar-refractivity contribution is 5.85. The number of hydrogen-bond acceptors (Lipinski definition) is 4. The second-order valence-corrected chi connectivity index (χ2v) is 17.3. The van der Waals surface area contributed by atoms with Gasteiger partial charge in [-0.15, -0.1) is 0 Å². The highest BCUT2D eigenvalue weighted by Gasteiger charge is 2.44. The van der Waals surface area contributed by atoms with Crippen molar-refractivity contribution in [2.75, 3.05) is 28.4 Å². The predicted octanol–water partition coefficient (Wildman–Crippen LogP) is 10.5. The Kier molecular flexibility index (Phi) is 14.7. The zero-order chi connectivity index (χ0) is 47.3. The maximum absolute atomic E-state index is 6.36. The van der Waals surface area contributed by atoms with E-state index in [9.17, 15) is 0 Å². The molecule has 0 aromatic heterocycles. The summed E-state index contributed by atoms with van der Waals surface area (Å²) in [5, 5.41) is 0. The van der Waals surface area contributed by atoms with Crippen LogP contribution in [0, 0.1) is 93.7 Å². The van der Waals surface area contributed by atoms with Gasteiger partial charge in [0, 0.05) is 39.3 Å². The van der Waals surface area contributed by atoms with Crippen LogP contribution in [0.25, 0.3) is 22.3 Å². The number of methoxy groups -OCH3 is 4. The van der Waals surface area contributed by atoms with Gasteiger partial charge in [0.25, 0.3) is 11.2 Å². The summed E-state index contributed by atoms with van der Waals surface area (Å²) in [6.45, 7) is 12.0. The molecule has 0 N–H and O–H groups in total. The van der Waals surface area contributed by atoms with E-state index in [-0.39, 0.29) is 0 Å². The number of allylic oxidation sites excluding steroid dienone is 4. The van der Waals surface area contributed by atoms with Crippen molar-refractivity contribution < 1.29 is 18.9 Å². The summed E-state index contributed by atoms with van der Waals surface area (Å²) in [5.74, 6) is 46.9. The maximum Gasteiger partial charge on any atom is 0.254 e. The standard InChI is InChI=1S/C62H50O4/c1-57(2,3)61(65-9)45-43-59(63-7)39-35-53(49-23-15-11-16-24-49)31-33-55(51-27-19-13-20-28-51)37-41-60(64-8,44-46-62(66-10,48-47-61)58(4,5)6)42-38-56(52-29-21-14-22-30-52)34-32-54(36-40-59)50-25-17-12-18-26-50/h11-30H,1-10H3. The van der Waals surface area contributed by atoms with Gasteiger partial charge in [0.05, 0.1) is 22.3 Å². The quantitative estimate of drug-likeness (QED) is 0.131. The molecule has 3 aliphatic rings. The first-order valence-corrected chi connectivity index (χ1v) is 21.3. The summed E-state index contributed by atoms with van der Waals surface area (Å²) in [5.41, 5.74) is 10.6. The summed E-state index contributed by atoms with van der Waals surface area (Å²) >= 11 is 0. The first-order valence-electron chi connectivity index (χ1n) is 21.3. The minimum Gasteiger partial charge on any atom is -0.354 e. The highest BCUT2D eigenvalue weighted by Crippen LogP contribution is 2.37. The van der Waals surface area contributed by atoms with E-state index in [0.29, 0.717) is 22.3 Å². The van der Waals surface area contributed by atoms with E-state index in [1.807, 2.05) is 163 Å². The molecule has 4 heteroatoms. The second-order valence-electron chi connectivity index (χ2n) is 17.3. The normalized spacial score (nSPS) is 22.2. The molecule has 0 spiro atoms. The Morgan fingerprint density at radius 1 is 0.303 bits per heavy atom.